The van der Waals surface area contributed by atoms with Crippen LogP contribution in [0.2, 0.25) is 0 Å². The SMILES string of the molecule is CC(=O)C1(O)CCC2C3CCC4=CC(=NOCC(=O)N5CCCC5C(=O)O)CCC4(C)C3CCC21C. The molecule has 2 N–H and O–H groups in total. The van der Waals surface area contributed by atoms with Gasteiger partial charge in [0.1, 0.15) is 11.6 Å². The lowest BCUT2D eigenvalue weighted by molar-refractivity contribution is -0.159. The van der Waals surface area contributed by atoms with E-state index >= 15 is 0 Å². The lowest BCUT2D eigenvalue weighted by atomic mass is 9.46. The van der Waals surface area contributed by atoms with E-state index in [2.05, 4.69) is 25.1 Å². The highest BCUT2D eigenvalue weighted by molar-refractivity contribution is 5.96. The average molecular weight is 501 g/mol. The zero-order valence-electron chi connectivity index (χ0n) is 21.8. The number of hydrogen-bond acceptors (Lipinski definition) is 6. The van der Waals surface area contributed by atoms with Gasteiger partial charge in [0.2, 0.25) is 0 Å². The third-order valence-corrected chi connectivity index (χ3v) is 10.9. The van der Waals surface area contributed by atoms with Crippen LogP contribution in [0.3, 0.4) is 0 Å². The molecular formula is C28H40N2O6. The monoisotopic (exact) mass is 500 g/mol. The number of amides is 1. The van der Waals surface area contributed by atoms with Gasteiger partial charge in [0, 0.05) is 12.0 Å². The predicted octanol–water partition coefficient (Wildman–Crippen LogP) is 3.72. The Bertz CT molecular complexity index is 1020. The third kappa shape index (κ3) is 3.74. The Balaban J connectivity index is 1.26. The smallest absolute Gasteiger partial charge is 0.326 e. The second kappa shape index (κ2) is 8.96. The van der Waals surface area contributed by atoms with Crippen LogP contribution in [0.15, 0.2) is 16.8 Å². The maximum absolute atomic E-state index is 12.5. The summed E-state index contributed by atoms with van der Waals surface area (Å²) < 4.78 is 0. The molecule has 1 amide bonds. The van der Waals surface area contributed by atoms with Crippen LogP contribution in [0.1, 0.15) is 85.0 Å². The largest absolute Gasteiger partial charge is 0.480 e. The molecule has 8 nitrogen and oxygen atoms in total. The first-order valence-corrected chi connectivity index (χ1v) is 13.7. The van der Waals surface area contributed by atoms with Crippen molar-refractivity contribution in [1.29, 1.82) is 0 Å². The lowest BCUT2D eigenvalue weighted by Crippen LogP contribution is -2.57. The van der Waals surface area contributed by atoms with Gasteiger partial charge in [-0.15, -0.1) is 0 Å². The number of carbonyl (C=O) groups excluding carboxylic acids is 2. The molecule has 0 aromatic rings. The first kappa shape index (κ1) is 25.4. The first-order chi connectivity index (χ1) is 17.0. The van der Waals surface area contributed by atoms with E-state index in [-0.39, 0.29) is 29.1 Å². The maximum Gasteiger partial charge on any atom is 0.326 e. The van der Waals surface area contributed by atoms with Gasteiger partial charge in [0.05, 0.1) is 5.71 Å². The van der Waals surface area contributed by atoms with Crippen molar-refractivity contribution in [1.82, 2.24) is 4.90 Å². The van der Waals surface area contributed by atoms with Crippen molar-refractivity contribution in [2.24, 2.45) is 33.7 Å². The predicted molar refractivity (Wildman–Crippen MR) is 133 cm³/mol. The zero-order valence-corrected chi connectivity index (χ0v) is 21.8. The van der Waals surface area contributed by atoms with Crippen LogP contribution in [-0.4, -0.2) is 63.3 Å². The fraction of sp³-hybridized carbons (Fsp3) is 0.786. The molecule has 3 saturated carbocycles. The number of carboxylic acid groups (broad SMARTS) is 1. The Kier molecular flexibility index (Phi) is 6.33. The van der Waals surface area contributed by atoms with Crippen LogP contribution < -0.4 is 0 Å². The van der Waals surface area contributed by atoms with Gasteiger partial charge in [0.25, 0.3) is 5.91 Å². The van der Waals surface area contributed by atoms with Gasteiger partial charge in [-0.25, -0.2) is 4.79 Å². The second-order valence-corrected chi connectivity index (χ2v) is 12.4. The van der Waals surface area contributed by atoms with E-state index in [0.29, 0.717) is 43.6 Å². The number of carboxylic acids is 1. The number of aliphatic hydroxyl groups is 1. The van der Waals surface area contributed by atoms with Gasteiger partial charge in [0.15, 0.2) is 12.4 Å². The van der Waals surface area contributed by atoms with Gasteiger partial charge in [-0.1, -0.05) is 24.6 Å². The summed E-state index contributed by atoms with van der Waals surface area (Å²) in [6.45, 7) is 6.30. The van der Waals surface area contributed by atoms with Gasteiger partial charge in [-0.2, -0.15) is 0 Å². The molecule has 1 heterocycles. The minimum absolute atomic E-state index is 0.0752. The van der Waals surface area contributed by atoms with Gasteiger partial charge >= 0.3 is 5.97 Å². The number of nitrogens with zero attached hydrogens (tertiary/aromatic N) is 2. The van der Waals surface area contributed by atoms with Gasteiger partial charge < -0.3 is 20.0 Å². The van der Waals surface area contributed by atoms with E-state index in [1.54, 1.807) is 6.92 Å². The lowest BCUT2D eigenvalue weighted by Gasteiger charge is -2.59. The van der Waals surface area contributed by atoms with Crippen molar-refractivity contribution in [3.8, 4) is 0 Å². The molecular weight excluding hydrogens is 460 g/mol. The summed E-state index contributed by atoms with van der Waals surface area (Å²) in [5.74, 6) is 0.0734. The minimum Gasteiger partial charge on any atom is -0.480 e. The third-order valence-electron chi connectivity index (χ3n) is 10.9. The van der Waals surface area contributed by atoms with E-state index < -0.39 is 17.6 Å². The average Bonchev–Trinajstić information content (AvgIpc) is 3.43. The molecule has 1 saturated heterocycles. The van der Waals surface area contributed by atoms with Crippen molar-refractivity contribution < 1.29 is 29.4 Å². The molecule has 7 unspecified atom stereocenters. The van der Waals surface area contributed by atoms with E-state index in [1.165, 1.54) is 10.5 Å². The Hall–Kier alpha value is -2.22. The van der Waals surface area contributed by atoms with Crippen molar-refractivity contribution in [2.45, 2.75) is 96.6 Å². The number of hydrogen-bond donors (Lipinski definition) is 2. The first-order valence-electron chi connectivity index (χ1n) is 13.7. The maximum atomic E-state index is 12.5. The van der Waals surface area contributed by atoms with Gasteiger partial charge in [-0.3, -0.25) is 9.59 Å². The highest BCUT2D eigenvalue weighted by Crippen LogP contribution is 2.67. The summed E-state index contributed by atoms with van der Waals surface area (Å²) in [6, 6.07) is -0.759. The summed E-state index contributed by atoms with van der Waals surface area (Å²) in [4.78, 5) is 43.0. The number of rotatable bonds is 5. The molecule has 0 aromatic carbocycles. The molecule has 5 aliphatic rings. The molecule has 7 atom stereocenters. The molecule has 36 heavy (non-hydrogen) atoms. The van der Waals surface area contributed by atoms with E-state index in [4.69, 9.17) is 4.84 Å². The van der Waals surface area contributed by atoms with Crippen molar-refractivity contribution in [2.75, 3.05) is 13.2 Å². The molecule has 8 heteroatoms. The van der Waals surface area contributed by atoms with E-state index in [0.717, 1.165) is 50.7 Å². The van der Waals surface area contributed by atoms with Crippen LogP contribution >= 0.6 is 0 Å². The van der Waals surface area contributed by atoms with Crippen molar-refractivity contribution in [3.05, 3.63) is 11.6 Å². The highest BCUT2D eigenvalue weighted by Gasteiger charge is 2.65. The molecule has 198 valence electrons. The fourth-order valence-electron chi connectivity index (χ4n) is 8.81. The molecule has 1 aliphatic heterocycles. The van der Waals surface area contributed by atoms with E-state index in [9.17, 15) is 24.6 Å². The topological polar surface area (TPSA) is 117 Å². The number of ketones is 1. The molecule has 0 radical (unpaired) electrons. The molecule has 5 rings (SSSR count). The standard InChI is InChI=1S/C28H40N2O6/c1-17(31)28(35)13-10-22-20-7-6-18-15-19(8-11-26(18,2)21(20)9-12-27(22,28)3)29-36-16-24(32)30-14-4-5-23(30)25(33)34/h15,20-23,35H,4-14,16H2,1-3H3,(H,33,34). The molecule has 0 spiro atoms. The van der Waals surface area contributed by atoms with Crippen LogP contribution in [0.4, 0.5) is 0 Å². The summed E-state index contributed by atoms with van der Waals surface area (Å²) >= 11 is 0. The molecule has 0 aromatic heterocycles. The van der Waals surface area contributed by atoms with E-state index in [1.807, 2.05) is 0 Å². The Morgan fingerprint density at radius 3 is 2.56 bits per heavy atom. The molecule has 4 fully saturated rings. The Morgan fingerprint density at radius 1 is 1.08 bits per heavy atom. The Morgan fingerprint density at radius 2 is 1.83 bits per heavy atom. The normalized spacial score (nSPS) is 42.8. The summed E-state index contributed by atoms with van der Waals surface area (Å²) in [6.07, 6.45) is 10.6. The van der Waals surface area contributed by atoms with Crippen molar-refractivity contribution in [3.63, 3.8) is 0 Å². The Labute approximate surface area is 213 Å². The van der Waals surface area contributed by atoms with Crippen LogP contribution in [0, 0.1) is 28.6 Å². The number of fused-ring (bicyclic) bond motifs is 5. The number of allylic oxidation sites excluding steroid dienone is 2. The quantitative estimate of drug-likeness (QED) is 0.556. The highest BCUT2D eigenvalue weighted by atomic mass is 16.6. The fourth-order valence-corrected chi connectivity index (χ4v) is 8.81. The summed E-state index contributed by atoms with van der Waals surface area (Å²) in [5.41, 5.74) is 0.824. The van der Waals surface area contributed by atoms with Crippen LogP contribution in [-0.2, 0) is 19.2 Å². The zero-order chi connectivity index (χ0) is 25.9. The number of Topliss-reactive ketones (excluding diaryl/α,β-unsaturated/α-hetero) is 1. The number of carbonyl (C=O) groups is 3. The number of oxime groups is 1. The minimum atomic E-state index is -1.18. The summed E-state index contributed by atoms with van der Waals surface area (Å²) in [5, 5.41) is 24.9. The second-order valence-electron chi connectivity index (χ2n) is 12.4. The van der Waals surface area contributed by atoms with Gasteiger partial charge in [-0.05, 0) is 100 Å². The summed E-state index contributed by atoms with van der Waals surface area (Å²) in [7, 11) is 0. The molecule has 0 bridgehead atoms. The number of likely N-dealkylation sites (tertiary alicyclic amines) is 1. The molecule has 4 aliphatic carbocycles. The van der Waals surface area contributed by atoms with Crippen LogP contribution in [0.25, 0.3) is 0 Å². The van der Waals surface area contributed by atoms with Crippen molar-refractivity contribution >= 4 is 23.4 Å². The van der Waals surface area contributed by atoms with Crippen LogP contribution in [0.5, 0.6) is 0 Å². The number of aliphatic carboxylic acids is 1.